The van der Waals surface area contributed by atoms with Gasteiger partial charge in [0.15, 0.2) is 11.5 Å². The zero-order chi connectivity index (χ0) is 24.2. The molecule has 0 radical (unpaired) electrons. The van der Waals surface area contributed by atoms with Gasteiger partial charge in [0.2, 0.25) is 5.91 Å². The average molecular weight is 477 g/mol. The number of carbonyl (C=O) groups excluding carboxylic acids is 1. The van der Waals surface area contributed by atoms with Gasteiger partial charge in [0.1, 0.15) is 5.58 Å². The molecular formula is C29H36N2O4. The molecule has 35 heavy (non-hydrogen) atoms. The van der Waals surface area contributed by atoms with Crippen molar-refractivity contribution in [2.24, 2.45) is 5.92 Å². The quantitative estimate of drug-likeness (QED) is 0.471. The van der Waals surface area contributed by atoms with Crippen molar-refractivity contribution < 1.29 is 18.7 Å². The van der Waals surface area contributed by atoms with Crippen molar-refractivity contribution in [1.82, 2.24) is 9.80 Å². The molecule has 1 unspecified atom stereocenters. The second-order valence-electron chi connectivity index (χ2n) is 9.91. The average Bonchev–Trinajstić information content (AvgIpc) is 3.23. The normalized spacial score (nSPS) is 19.0. The van der Waals surface area contributed by atoms with E-state index in [1.165, 1.54) is 29.4 Å². The SMILES string of the molecule is COc1cc2c(cc1OC)CC(=O)N(CC1CCCN(CCCc3coc4ccccc34)C1)CC2. The lowest BCUT2D eigenvalue weighted by atomic mass is 9.96. The highest BCUT2D eigenvalue weighted by atomic mass is 16.5. The van der Waals surface area contributed by atoms with E-state index in [0.717, 1.165) is 68.9 Å². The van der Waals surface area contributed by atoms with Gasteiger partial charge in [-0.3, -0.25) is 4.79 Å². The maximum atomic E-state index is 13.1. The molecule has 186 valence electrons. The molecule has 2 aromatic carbocycles. The number of amides is 1. The lowest BCUT2D eigenvalue weighted by Crippen LogP contribution is -2.43. The molecule has 0 bridgehead atoms. The van der Waals surface area contributed by atoms with Crippen LogP contribution in [0.3, 0.4) is 0 Å². The molecule has 0 saturated carbocycles. The fourth-order valence-electron chi connectivity index (χ4n) is 5.74. The zero-order valence-electron chi connectivity index (χ0n) is 20.9. The Hall–Kier alpha value is -2.99. The van der Waals surface area contributed by atoms with Crippen LogP contribution in [-0.2, 0) is 24.1 Å². The summed E-state index contributed by atoms with van der Waals surface area (Å²) in [6, 6.07) is 12.3. The standard InChI is InChI=1S/C29H36N2O4/c1-33-27-15-22-11-14-31(29(32)17-24(22)16-28(27)34-2)19-21-7-5-12-30(18-21)13-6-8-23-20-35-26-10-4-3-9-25(23)26/h3-4,9-10,15-16,20-21H,5-8,11-14,17-19H2,1-2H3. The molecular weight excluding hydrogens is 440 g/mol. The molecule has 1 saturated heterocycles. The minimum absolute atomic E-state index is 0.222. The number of benzene rings is 2. The molecule has 3 heterocycles. The summed E-state index contributed by atoms with van der Waals surface area (Å²) in [4.78, 5) is 17.8. The van der Waals surface area contributed by atoms with Gasteiger partial charge in [-0.25, -0.2) is 0 Å². The molecule has 6 nitrogen and oxygen atoms in total. The van der Waals surface area contributed by atoms with Crippen LogP contribution in [-0.4, -0.2) is 62.7 Å². The summed E-state index contributed by atoms with van der Waals surface area (Å²) >= 11 is 0. The molecule has 2 aliphatic heterocycles. The van der Waals surface area contributed by atoms with Crippen LogP contribution in [0.15, 0.2) is 47.1 Å². The number of hydrogen-bond acceptors (Lipinski definition) is 5. The number of piperidine rings is 1. The number of methoxy groups -OCH3 is 2. The summed E-state index contributed by atoms with van der Waals surface area (Å²) in [6.45, 7) is 4.94. The molecule has 5 rings (SSSR count). The van der Waals surface area contributed by atoms with Crippen LogP contribution in [0.2, 0.25) is 0 Å². The maximum absolute atomic E-state index is 13.1. The van der Waals surface area contributed by atoms with Crippen molar-refractivity contribution in [3.8, 4) is 11.5 Å². The molecule has 1 atom stereocenters. The van der Waals surface area contributed by atoms with Gasteiger partial charge >= 0.3 is 0 Å². The van der Waals surface area contributed by atoms with Gasteiger partial charge < -0.3 is 23.7 Å². The highest BCUT2D eigenvalue weighted by Crippen LogP contribution is 2.33. The summed E-state index contributed by atoms with van der Waals surface area (Å²) in [5, 5.41) is 1.24. The second-order valence-corrected chi connectivity index (χ2v) is 9.91. The van der Waals surface area contributed by atoms with Gasteiger partial charge in [0, 0.05) is 25.0 Å². The number of furan rings is 1. The molecule has 6 heteroatoms. The van der Waals surface area contributed by atoms with Crippen molar-refractivity contribution >= 4 is 16.9 Å². The Labute approximate surface area is 207 Å². The van der Waals surface area contributed by atoms with Crippen LogP contribution in [0.4, 0.5) is 0 Å². The van der Waals surface area contributed by atoms with E-state index in [-0.39, 0.29) is 5.91 Å². The Morgan fingerprint density at radius 3 is 2.69 bits per heavy atom. The molecule has 0 spiro atoms. The smallest absolute Gasteiger partial charge is 0.227 e. The number of rotatable bonds is 8. The van der Waals surface area contributed by atoms with Crippen LogP contribution in [0.25, 0.3) is 11.0 Å². The Balaban J connectivity index is 1.15. The highest BCUT2D eigenvalue weighted by Gasteiger charge is 2.27. The van der Waals surface area contributed by atoms with E-state index in [0.29, 0.717) is 18.1 Å². The van der Waals surface area contributed by atoms with Crippen molar-refractivity contribution in [2.45, 2.75) is 38.5 Å². The van der Waals surface area contributed by atoms with Gasteiger partial charge in [-0.2, -0.15) is 0 Å². The van der Waals surface area contributed by atoms with Crippen LogP contribution in [0.1, 0.15) is 36.0 Å². The van der Waals surface area contributed by atoms with E-state index in [9.17, 15) is 4.79 Å². The molecule has 0 N–H and O–H groups in total. The predicted molar refractivity (Wildman–Crippen MR) is 137 cm³/mol. The number of hydrogen-bond donors (Lipinski definition) is 0. The van der Waals surface area contributed by atoms with Gasteiger partial charge in [-0.05, 0) is 86.0 Å². The fourth-order valence-corrected chi connectivity index (χ4v) is 5.74. The number of fused-ring (bicyclic) bond motifs is 2. The van der Waals surface area contributed by atoms with E-state index in [4.69, 9.17) is 13.9 Å². The van der Waals surface area contributed by atoms with Crippen molar-refractivity contribution in [3.63, 3.8) is 0 Å². The highest BCUT2D eigenvalue weighted by molar-refractivity contribution is 5.81. The van der Waals surface area contributed by atoms with Crippen molar-refractivity contribution in [3.05, 3.63) is 59.4 Å². The van der Waals surface area contributed by atoms with Crippen molar-refractivity contribution in [2.75, 3.05) is 46.9 Å². The minimum Gasteiger partial charge on any atom is -0.493 e. The predicted octanol–water partition coefficient (Wildman–Crippen LogP) is 4.72. The lowest BCUT2D eigenvalue weighted by molar-refractivity contribution is -0.131. The van der Waals surface area contributed by atoms with Gasteiger partial charge in [-0.1, -0.05) is 18.2 Å². The summed E-state index contributed by atoms with van der Waals surface area (Å²) in [5.74, 6) is 2.19. The minimum atomic E-state index is 0.222. The van der Waals surface area contributed by atoms with E-state index in [2.05, 4.69) is 21.9 Å². The summed E-state index contributed by atoms with van der Waals surface area (Å²) in [5.41, 5.74) is 4.53. The molecule has 2 aliphatic rings. The monoisotopic (exact) mass is 476 g/mol. The van der Waals surface area contributed by atoms with Crippen LogP contribution < -0.4 is 9.47 Å². The summed E-state index contributed by atoms with van der Waals surface area (Å²) < 4.78 is 16.6. The number of likely N-dealkylation sites (tertiary alicyclic amines) is 1. The largest absolute Gasteiger partial charge is 0.493 e. The first-order chi connectivity index (χ1) is 17.1. The first kappa shape index (κ1) is 23.7. The fraction of sp³-hybridized carbons (Fsp3) is 0.483. The van der Waals surface area contributed by atoms with E-state index in [1.807, 2.05) is 30.5 Å². The molecule has 1 fully saturated rings. The summed E-state index contributed by atoms with van der Waals surface area (Å²) in [7, 11) is 3.30. The Morgan fingerprint density at radius 2 is 1.86 bits per heavy atom. The lowest BCUT2D eigenvalue weighted by Gasteiger charge is -2.35. The number of nitrogens with zero attached hydrogens (tertiary/aromatic N) is 2. The van der Waals surface area contributed by atoms with E-state index < -0.39 is 0 Å². The third-order valence-corrected chi connectivity index (χ3v) is 7.61. The molecule has 1 aromatic heterocycles. The zero-order valence-corrected chi connectivity index (χ0v) is 20.9. The molecule has 3 aromatic rings. The molecule has 0 aliphatic carbocycles. The van der Waals surface area contributed by atoms with Crippen LogP contribution in [0.5, 0.6) is 11.5 Å². The third-order valence-electron chi connectivity index (χ3n) is 7.61. The summed E-state index contributed by atoms with van der Waals surface area (Å²) in [6.07, 6.45) is 7.77. The number of carbonyl (C=O) groups is 1. The number of aryl methyl sites for hydroxylation is 1. The number of ether oxygens (including phenoxy) is 2. The van der Waals surface area contributed by atoms with Crippen molar-refractivity contribution in [1.29, 1.82) is 0 Å². The van der Waals surface area contributed by atoms with E-state index >= 15 is 0 Å². The first-order valence-electron chi connectivity index (χ1n) is 12.8. The Kier molecular flexibility index (Phi) is 7.28. The van der Waals surface area contributed by atoms with E-state index in [1.54, 1.807) is 14.2 Å². The maximum Gasteiger partial charge on any atom is 0.227 e. The number of para-hydroxylation sites is 1. The van der Waals surface area contributed by atoms with Crippen LogP contribution in [0, 0.1) is 5.92 Å². The van der Waals surface area contributed by atoms with Gasteiger partial charge in [0.25, 0.3) is 0 Å². The Morgan fingerprint density at radius 1 is 1.06 bits per heavy atom. The first-order valence-corrected chi connectivity index (χ1v) is 12.8. The van der Waals surface area contributed by atoms with Gasteiger partial charge in [0.05, 0.1) is 26.9 Å². The third kappa shape index (κ3) is 5.32. The topological polar surface area (TPSA) is 55.2 Å². The second kappa shape index (κ2) is 10.7. The van der Waals surface area contributed by atoms with Crippen LogP contribution >= 0.6 is 0 Å². The van der Waals surface area contributed by atoms with Gasteiger partial charge in [-0.15, -0.1) is 0 Å². The Bertz CT molecular complexity index is 1170. The molecule has 1 amide bonds.